The monoisotopic (exact) mass is 182 g/mol. The van der Waals surface area contributed by atoms with Crippen LogP contribution < -0.4 is 5.73 Å². The first-order valence-electron chi connectivity index (χ1n) is 5.73. The number of rotatable bonds is 3. The summed E-state index contributed by atoms with van der Waals surface area (Å²) in [6.07, 6.45) is 5.61. The van der Waals surface area contributed by atoms with E-state index in [9.17, 15) is 0 Å². The van der Waals surface area contributed by atoms with Crippen molar-refractivity contribution in [1.82, 2.24) is 4.90 Å². The summed E-state index contributed by atoms with van der Waals surface area (Å²) < 4.78 is 0. The fraction of sp³-hybridized carbons (Fsp3) is 1.00. The molecule has 1 heterocycles. The highest BCUT2D eigenvalue weighted by molar-refractivity contribution is 4.81. The Morgan fingerprint density at radius 3 is 2.69 bits per heavy atom. The summed E-state index contributed by atoms with van der Waals surface area (Å²) in [5, 5.41) is 0. The normalized spacial score (nSPS) is 36.5. The van der Waals surface area contributed by atoms with Crippen molar-refractivity contribution in [1.29, 1.82) is 0 Å². The lowest BCUT2D eigenvalue weighted by Gasteiger charge is -2.35. The minimum absolute atomic E-state index is 0.456. The lowest BCUT2D eigenvalue weighted by atomic mass is 9.95. The van der Waals surface area contributed by atoms with E-state index in [-0.39, 0.29) is 0 Å². The van der Waals surface area contributed by atoms with Crippen molar-refractivity contribution >= 4 is 0 Å². The van der Waals surface area contributed by atoms with Gasteiger partial charge < -0.3 is 10.6 Å². The second kappa shape index (κ2) is 3.97. The molecule has 0 aromatic carbocycles. The van der Waals surface area contributed by atoms with Gasteiger partial charge in [-0.3, -0.25) is 0 Å². The molecule has 2 fully saturated rings. The van der Waals surface area contributed by atoms with Crippen LogP contribution in [-0.2, 0) is 0 Å². The number of nitrogens with zero attached hydrogens (tertiary/aromatic N) is 1. The number of piperidine rings is 1. The van der Waals surface area contributed by atoms with Gasteiger partial charge in [0, 0.05) is 12.6 Å². The molecule has 0 radical (unpaired) electrons. The van der Waals surface area contributed by atoms with E-state index in [2.05, 4.69) is 11.8 Å². The fourth-order valence-corrected chi connectivity index (χ4v) is 2.22. The van der Waals surface area contributed by atoms with Crippen LogP contribution in [0.4, 0.5) is 0 Å². The Morgan fingerprint density at radius 1 is 1.31 bits per heavy atom. The van der Waals surface area contributed by atoms with E-state index in [1.54, 1.807) is 0 Å². The van der Waals surface area contributed by atoms with E-state index in [1.165, 1.54) is 45.3 Å². The molecule has 1 aliphatic heterocycles. The minimum atomic E-state index is 0.456. The van der Waals surface area contributed by atoms with E-state index >= 15 is 0 Å². The van der Waals surface area contributed by atoms with Crippen molar-refractivity contribution in [3.05, 3.63) is 0 Å². The maximum Gasteiger partial charge on any atom is 0.00889 e. The molecule has 1 aliphatic carbocycles. The minimum Gasteiger partial charge on any atom is -0.327 e. The summed E-state index contributed by atoms with van der Waals surface area (Å²) >= 11 is 0. The van der Waals surface area contributed by atoms with Crippen LogP contribution in [-0.4, -0.2) is 30.6 Å². The Morgan fingerprint density at radius 2 is 2.08 bits per heavy atom. The van der Waals surface area contributed by atoms with Gasteiger partial charge in [0.25, 0.3) is 0 Å². The first-order valence-corrected chi connectivity index (χ1v) is 5.73. The molecule has 0 bridgehead atoms. The zero-order valence-electron chi connectivity index (χ0n) is 8.71. The van der Waals surface area contributed by atoms with Gasteiger partial charge in [0.15, 0.2) is 0 Å². The van der Waals surface area contributed by atoms with E-state index in [4.69, 9.17) is 5.73 Å². The number of nitrogens with two attached hydrogens (primary N) is 1. The molecule has 0 amide bonds. The van der Waals surface area contributed by atoms with E-state index in [0.29, 0.717) is 12.0 Å². The summed E-state index contributed by atoms with van der Waals surface area (Å²) in [5.41, 5.74) is 5.98. The molecule has 0 spiro atoms. The van der Waals surface area contributed by atoms with Crippen molar-refractivity contribution in [2.75, 3.05) is 19.6 Å². The molecular formula is C11H22N2. The van der Waals surface area contributed by atoms with Gasteiger partial charge in [-0.05, 0) is 37.8 Å². The largest absolute Gasteiger partial charge is 0.327 e. The van der Waals surface area contributed by atoms with Crippen LogP contribution >= 0.6 is 0 Å². The highest BCUT2D eigenvalue weighted by Crippen LogP contribution is 2.32. The van der Waals surface area contributed by atoms with Gasteiger partial charge in [0.1, 0.15) is 0 Å². The molecule has 1 saturated carbocycles. The van der Waals surface area contributed by atoms with Gasteiger partial charge in [-0.2, -0.15) is 0 Å². The Hall–Kier alpha value is -0.0800. The molecule has 76 valence electrons. The molecular weight excluding hydrogens is 160 g/mol. The fourth-order valence-electron chi connectivity index (χ4n) is 2.22. The Balaban J connectivity index is 1.68. The second-order valence-corrected chi connectivity index (χ2v) is 4.96. The first-order chi connectivity index (χ1) is 6.25. The SMILES string of the molecule is CC1CN(CCC2CC2)CCC1N. The Bertz CT molecular complexity index is 165. The van der Waals surface area contributed by atoms with Crippen LogP contribution in [0.15, 0.2) is 0 Å². The van der Waals surface area contributed by atoms with Crippen molar-refractivity contribution in [3.63, 3.8) is 0 Å². The van der Waals surface area contributed by atoms with Gasteiger partial charge in [-0.1, -0.05) is 19.8 Å². The van der Waals surface area contributed by atoms with Crippen LogP contribution in [0.2, 0.25) is 0 Å². The standard InChI is InChI=1S/C11H22N2/c1-9-8-13(7-5-11(9)12)6-4-10-2-3-10/h9-11H,2-8,12H2,1H3. The molecule has 2 heteroatoms. The molecule has 2 nitrogen and oxygen atoms in total. The average molecular weight is 182 g/mol. The molecule has 2 atom stereocenters. The third-order valence-electron chi connectivity index (χ3n) is 3.61. The molecule has 1 saturated heterocycles. The van der Waals surface area contributed by atoms with E-state index < -0.39 is 0 Å². The van der Waals surface area contributed by atoms with E-state index in [1.807, 2.05) is 0 Å². The first kappa shape index (κ1) is 9.47. The van der Waals surface area contributed by atoms with Gasteiger partial charge >= 0.3 is 0 Å². The lowest BCUT2D eigenvalue weighted by molar-refractivity contribution is 0.161. The zero-order chi connectivity index (χ0) is 9.26. The van der Waals surface area contributed by atoms with Gasteiger partial charge in [-0.15, -0.1) is 0 Å². The number of hydrogen-bond acceptors (Lipinski definition) is 2. The third kappa shape index (κ3) is 2.68. The van der Waals surface area contributed by atoms with Crippen LogP contribution in [0.25, 0.3) is 0 Å². The summed E-state index contributed by atoms with van der Waals surface area (Å²) in [4.78, 5) is 2.60. The summed E-state index contributed by atoms with van der Waals surface area (Å²) in [5.74, 6) is 1.78. The molecule has 13 heavy (non-hydrogen) atoms. The predicted molar refractivity (Wildman–Crippen MR) is 55.5 cm³/mol. The molecule has 2 N–H and O–H groups in total. The summed E-state index contributed by atoms with van der Waals surface area (Å²) in [7, 11) is 0. The maximum absolute atomic E-state index is 5.98. The molecule has 2 unspecified atom stereocenters. The Labute approximate surface area is 81.5 Å². The molecule has 2 aliphatic rings. The van der Waals surface area contributed by atoms with Gasteiger partial charge in [0.2, 0.25) is 0 Å². The van der Waals surface area contributed by atoms with Gasteiger partial charge in [-0.25, -0.2) is 0 Å². The topological polar surface area (TPSA) is 29.3 Å². The quantitative estimate of drug-likeness (QED) is 0.716. The van der Waals surface area contributed by atoms with E-state index in [0.717, 1.165) is 5.92 Å². The van der Waals surface area contributed by atoms with Crippen LogP contribution in [0.5, 0.6) is 0 Å². The third-order valence-corrected chi connectivity index (χ3v) is 3.61. The molecule has 0 aromatic rings. The smallest absolute Gasteiger partial charge is 0.00889 e. The second-order valence-electron chi connectivity index (χ2n) is 4.96. The predicted octanol–water partition coefficient (Wildman–Crippen LogP) is 1.46. The van der Waals surface area contributed by atoms with Crippen LogP contribution in [0.1, 0.15) is 32.6 Å². The lowest BCUT2D eigenvalue weighted by Crippen LogP contribution is -2.46. The molecule has 2 rings (SSSR count). The zero-order valence-corrected chi connectivity index (χ0v) is 8.71. The summed E-state index contributed by atoms with van der Waals surface area (Å²) in [6.45, 7) is 6.07. The Kier molecular flexibility index (Phi) is 2.89. The van der Waals surface area contributed by atoms with Crippen molar-refractivity contribution < 1.29 is 0 Å². The maximum atomic E-state index is 5.98. The summed E-state index contributed by atoms with van der Waals surface area (Å²) in [6, 6.07) is 0.456. The number of hydrogen-bond donors (Lipinski definition) is 1. The van der Waals surface area contributed by atoms with Crippen molar-refractivity contribution in [2.45, 2.75) is 38.6 Å². The van der Waals surface area contributed by atoms with Crippen LogP contribution in [0.3, 0.4) is 0 Å². The van der Waals surface area contributed by atoms with Gasteiger partial charge in [0.05, 0.1) is 0 Å². The highest BCUT2D eigenvalue weighted by Gasteiger charge is 2.25. The highest BCUT2D eigenvalue weighted by atomic mass is 15.1. The molecule has 0 aromatic heterocycles. The number of likely N-dealkylation sites (tertiary alicyclic amines) is 1. The average Bonchev–Trinajstić information content (AvgIpc) is 2.91. The van der Waals surface area contributed by atoms with Crippen molar-refractivity contribution in [2.24, 2.45) is 17.6 Å². The van der Waals surface area contributed by atoms with Crippen LogP contribution in [0, 0.1) is 11.8 Å². The van der Waals surface area contributed by atoms with Crippen molar-refractivity contribution in [3.8, 4) is 0 Å².